The summed E-state index contributed by atoms with van der Waals surface area (Å²) in [5.74, 6) is -0.0860. The van der Waals surface area contributed by atoms with E-state index in [2.05, 4.69) is 10.3 Å². The Kier molecular flexibility index (Phi) is 3.30. The third-order valence-corrected chi connectivity index (χ3v) is 2.13. The van der Waals surface area contributed by atoms with E-state index in [4.69, 9.17) is 5.11 Å². The average molecular weight is 215 g/mol. The van der Waals surface area contributed by atoms with Crippen molar-refractivity contribution in [3.05, 3.63) is 23.4 Å². The van der Waals surface area contributed by atoms with E-state index in [0.717, 1.165) is 30.8 Å². The van der Waals surface area contributed by atoms with E-state index in [-0.39, 0.29) is 18.0 Å². The minimum Gasteiger partial charge on any atom is -0.478 e. The van der Waals surface area contributed by atoms with Crippen molar-refractivity contribution in [2.24, 2.45) is 0 Å². The molecule has 0 radical (unpaired) electrons. The molecule has 0 unspecified atom stereocenters. The summed E-state index contributed by atoms with van der Waals surface area (Å²) in [7, 11) is 0. The van der Waals surface area contributed by atoms with Gasteiger partial charge in [0.2, 0.25) is 0 Å². The van der Waals surface area contributed by atoms with Gasteiger partial charge in [0.25, 0.3) is 0 Å². The molecule has 5 heteroatoms. The molecule has 1 aliphatic heterocycles. The molecule has 0 aromatic carbocycles. The van der Waals surface area contributed by atoms with Crippen LogP contribution in [0, 0.1) is 0 Å². The van der Waals surface area contributed by atoms with Gasteiger partial charge in [-0.05, 0) is 24.5 Å². The summed E-state index contributed by atoms with van der Waals surface area (Å²) in [6.07, 6.45) is 3.34. The lowest BCUT2D eigenvalue weighted by Crippen LogP contribution is -2.14. The van der Waals surface area contributed by atoms with Crippen LogP contribution in [0.4, 0.5) is 5.82 Å². The van der Waals surface area contributed by atoms with Gasteiger partial charge in [-0.15, -0.1) is 12.4 Å². The first kappa shape index (κ1) is 10.8. The molecule has 0 aliphatic carbocycles. The normalized spacial score (nSPS) is 13.4. The zero-order chi connectivity index (χ0) is 9.26. The van der Waals surface area contributed by atoms with Gasteiger partial charge in [0.05, 0.1) is 5.56 Å². The first-order chi connectivity index (χ1) is 6.27. The average Bonchev–Trinajstić information content (AvgIpc) is 2.17. The Bertz CT molecular complexity index is 355. The molecule has 4 nitrogen and oxygen atoms in total. The maximum Gasteiger partial charge on any atom is 0.337 e. The number of rotatable bonds is 1. The minimum absolute atomic E-state index is 0. The van der Waals surface area contributed by atoms with E-state index in [0.29, 0.717) is 0 Å². The Hall–Kier alpha value is -1.29. The number of carboxylic acids is 1. The number of nitrogens with zero attached hydrogens (tertiary/aromatic N) is 1. The van der Waals surface area contributed by atoms with E-state index >= 15 is 0 Å². The number of aromatic carboxylic acids is 1. The number of anilines is 1. The zero-order valence-electron chi connectivity index (χ0n) is 7.49. The lowest BCUT2D eigenvalue weighted by molar-refractivity contribution is 0.0696. The summed E-state index contributed by atoms with van der Waals surface area (Å²) in [5.41, 5.74) is 1.27. The predicted octanol–water partition coefficient (Wildman–Crippen LogP) is 1.56. The third kappa shape index (κ3) is 1.96. The molecule has 0 saturated heterocycles. The third-order valence-electron chi connectivity index (χ3n) is 2.13. The predicted molar refractivity (Wildman–Crippen MR) is 55.3 cm³/mol. The number of hydrogen-bond donors (Lipinski definition) is 2. The maximum atomic E-state index is 10.6. The van der Waals surface area contributed by atoms with Crippen LogP contribution < -0.4 is 5.32 Å². The number of halogens is 1. The lowest BCUT2D eigenvalue weighted by Gasteiger charge is -2.16. The van der Waals surface area contributed by atoms with E-state index < -0.39 is 5.97 Å². The van der Waals surface area contributed by atoms with Crippen LogP contribution in [-0.4, -0.2) is 22.6 Å². The highest BCUT2D eigenvalue weighted by atomic mass is 35.5. The fraction of sp³-hybridized carbons (Fsp3) is 0.333. The molecule has 14 heavy (non-hydrogen) atoms. The molecule has 1 aromatic heterocycles. The first-order valence-corrected chi connectivity index (χ1v) is 4.23. The van der Waals surface area contributed by atoms with Crippen molar-refractivity contribution in [2.45, 2.75) is 12.8 Å². The van der Waals surface area contributed by atoms with Crippen LogP contribution in [-0.2, 0) is 6.42 Å². The molecular formula is C9H11ClN2O2. The van der Waals surface area contributed by atoms with E-state index in [1.807, 2.05) is 0 Å². The van der Waals surface area contributed by atoms with Gasteiger partial charge in [-0.3, -0.25) is 0 Å². The topological polar surface area (TPSA) is 62.2 Å². The number of carbonyl (C=O) groups is 1. The van der Waals surface area contributed by atoms with Gasteiger partial charge in [0, 0.05) is 12.7 Å². The number of carboxylic acid groups (broad SMARTS) is 1. The van der Waals surface area contributed by atoms with Gasteiger partial charge in [0.1, 0.15) is 5.82 Å². The van der Waals surface area contributed by atoms with Crippen LogP contribution in [0.5, 0.6) is 0 Å². The van der Waals surface area contributed by atoms with E-state index in [1.54, 1.807) is 6.07 Å². The lowest BCUT2D eigenvalue weighted by atomic mass is 10.1. The zero-order valence-corrected chi connectivity index (χ0v) is 8.30. The molecule has 0 fully saturated rings. The van der Waals surface area contributed by atoms with Crippen molar-refractivity contribution in [1.82, 2.24) is 4.98 Å². The van der Waals surface area contributed by atoms with Gasteiger partial charge in [-0.1, -0.05) is 0 Å². The van der Waals surface area contributed by atoms with Crippen LogP contribution in [0.3, 0.4) is 0 Å². The Morgan fingerprint density at radius 2 is 2.36 bits per heavy atom. The summed E-state index contributed by atoms with van der Waals surface area (Å²) < 4.78 is 0. The fourth-order valence-corrected chi connectivity index (χ4v) is 1.46. The molecule has 2 rings (SSSR count). The summed E-state index contributed by atoms with van der Waals surface area (Å²) in [5, 5.41) is 11.9. The molecule has 0 atom stereocenters. The summed E-state index contributed by atoms with van der Waals surface area (Å²) in [6.45, 7) is 0.923. The second-order valence-corrected chi connectivity index (χ2v) is 3.07. The van der Waals surface area contributed by atoms with Crippen molar-refractivity contribution in [3.63, 3.8) is 0 Å². The number of pyridine rings is 1. The van der Waals surface area contributed by atoms with Gasteiger partial charge >= 0.3 is 5.97 Å². The Balaban J connectivity index is 0.000000980. The first-order valence-electron chi connectivity index (χ1n) is 4.23. The second kappa shape index (κ2) is 4.28. The van der Waals surface area contributed by atoms with Crippen molar-refractivity contribution >= 4 is 24.2 Å². The quantitative estimate of drug-likeness (QED) is 0.745. The molecule has 2 heterocycles. The maximum absolute atomic E-state index is 10.6. The van der Waals surface area contributed by atoms with Crippen molar-refractivity contribution in [1.29, 1.82) is 0 Å². The van der Waals surface area contributed by atoms with Gasteiger partial charge in [-0.25, -0.2) is 9.78 Å². The van der Waals surface area contributed by atoms with Gasteiger partial charge in [0.15, 0.2) is 0 Å². The highest BCUT2D eigenvalue weighted by Gasteiger charge is 2.12. The molecule has 0 amide bonds. The number of nitrogens with one attached hydrogen (secondary N) is 1. The number of aryl methyl sites for hydroxylation is 1. The van der Waals surface area contributed by atoms with Crippen LogP contribution >= 0.6 is 12.4 Å². The van der Waals surface area contributed by atoms with E-state index in [9.17, 15) is 4.79 Å². The number of fused-ring (bicyclic) bond motifs is 1. The van der Waals surface area contributed by atoms with Crippen molar-refractivity contribution in [2.75, 3.05) is 11.9 Å². The fourth-order valence-electron chi connectivity index (χ4n) is 1.46. The summed E-state index contributed by atoms with van der Waals surface area (Å²) >= 11 is 0. The minimum atomic E-state index is -0.916. The molecule has 1 aromatic rings. The molecule has 0 saturated carbocycles. The Labute approximate surface area is 87.8 Å². The van der Waals surface area contributed by atoms with Crippen LogP contribution in [0.25, 0.3) is 0 Å². The molecule has 76 valence electrons. The highest BCUT2D eigenvalue weighted by molar-refractivity contribution is 5.87. The van der Waals surface area contributed by atoms with E-state index in [1.165, 1.54) is 6.20 Å². The Morgan fingerprint density at radius 3 is 3.07 bits per heavy atom. The van der Waals surface area contributed by atoms with Gasteiger partial charge in [-0.2, -0.15) is 0 Å². The monoisotopic (exact) mass is 214 g/mol. The Morgan fingerprint density at radius 1 is 1.57 bits per heavy atom. The smallest absolute Gasteiger partial charge is 0.337 e. The molecular weight excluding hydrogens is 204 g/mol. The molecule has 1 aliphatic rings. The molecule has 0 spiro atoms. The van der Waals surface area contributed by atoms with Crippen LogP contribution in [0.2, 0.25) is 0 Å². The highest BCUT2D eigenvalue weighted by Crippen LogP contribution is 2.19. The van der Waals surface area contributed by atoms with Crippen molar-refractivity contribution in [3.8, 4) is 0 Å². The largest absolute Gasteiger partial charge is 0.478 e. The van der Waals surface area contributed by atoms with Crippen LogP contribution in [0.15, 0.2) is 12.3 Å². The number of hydrogen-bond acceptors (Lipinski definition) is 3. The second-order valence-electron chi connectivity index (χ2n) is 3.07. The summed E-state index contributed by atoms with van der Waals surface area (Å²) in [6, 6.07) is 1.69. The van der Waals surface area contributed by atoms with Crippen molar-refractivity contribution < 1.29 is 9.90 Å². The van der Waals surface area contributed by atoms with Crippen LogP contribution in [0.1, 0.15) is 22.3 Å². The number of aromatic nitrogens is 1. The molecule has 0 bridgehead atoms. The standard InChI is InChI=1S/C9H10N2O2.ClH/c12-9(13)7-4-6-2-1-3-10-8(6)11-5-7;/h4-5H,1-3H2,(H,10,11)(H,12,13);1H. The summed E-state index contributed by atoms with van der Waals surface area (Å²) in [4.78, 5) is 14.7. The molecule has 2 N–H and O–H groups in total. The van der Waals surface area contributed by atoms with Gasteiger partial charge < -0.3 is 10.4 Å². The SMILES string of the molecule is Cl.O=C(O)c1cnc2c(c1)CCCN2.